The summed E-state index contributed by atoms with van der Waals surface area (Å²) in [5.74, 6) is -0.990. The molecular formula is C19H26N4O4. The second-order valence-corrected chi connectivity index (χ2v) is 7.33. The standard InChI is InChI=1S/C19H26N4O4/c1-12(2)22-9-8-21(11-15(22)18(20)25)17(24)6-7-23-14-10-13(3)4-5-16(14)27-19(23)26/h4-5,10,12,15H,6-9,11H2,1-3H3,(H2,20,25)/t15-/m0/s1. The summed E-state index contributed by atoms with van der Waals surface area (Å²) in [5.41, 5.74) is 7.74. The van der Waals surface area contributed by atoms with E-state index < -0.39 is 17.7 Å². The van der Waals surface area contributed by atoms with Gasteiger partial charge in [0.2, 0.25) is 11.8 Å². The van der Waals surface area contributed by atoms with Crippen LogP contribution in [0.5, 0.6) is 0 Å². The van der Waals surface area contributed by atoms with Crippen LogP contribution in [-0.2, 0) is 16.1 Å². The molecular weight excluding hydrogens is 348 g/mol. The first-order chi connectivity index (χ1) is 12.8. The Bertz CT molecular complexity index is 914. The van der Waals surface area contributed by atoms with Crippen LogP contribution in [0.15, 0.2) is 27.4 Å². The highest BCUT2D eigenvalue weighted by Gasteiger charge is 2.34. The molecule has 0 spiro atoms. The minimum Gasteiger partial charge on any atom is -0.408 e. The number of fused-ring (bicyclic) bond motifs is 1. The predicted molar refractivity (Wildman–Crippen MR) is 101 cm³/mol. The van der Waals surface area contributed by atoms with Crippen LogP contribution < -0.4 is 11.5 Å². The third-order valence-corrected chi connectivity index (χ3v) is 5.14. The second kappa shape index (κ2) is 7.56. The van der Waals surface area contributed by atoms with Crippen LogP contribution in [0.1, 0.15) is 25.8 Å². The number of primary amides is 1. The molecule has 3 rings (SSSR count). The lowest BCUT2D eigenvalue weighted by atomic mass is 10.1. The summed E-state index contributed by atoms with van der Waals surface area (Å²) in [4.78, 5) is 40.2. The lowest BCUT2D eigenvalue weighted by Crippen LogP contribution is -2.61. The topological polar surface area (TPSA) is 102 Å². The lowest BCUT2D eigenvalue weighted by Gasteiger charge is -2.42. The third kappa shape index (κ3) is 3.90. The van der Waals surface area contributed by atoms with Crippen LogP contribution in [0.25, 0.3) is 11.1 Å². The summed E-state index contributed by atoms with van der Waals surface area (Å²) in [6, 6.07) is 5.20. The van der Waals surface area contributed by atoms with Gasteiger partial charge in [-0.1, -0.05) is 6.07 Å². The quantitative estimate of drug-likeness (QED) is 0.830. The van der Waals surface area contributed by atoms with E-state index in [1.807, 2.05) is 37.8 Å². The van der Waals surface area contributed by atoms with Crippen LogP contribution in [0.2, 0.25) is 0 Å². The Kier molecular flexibility index (Phi) is 5.36. The van der Waals surface area contributed by atoms with E-state index in [0.29, 0.717) is 24.2 Å². The number of benzene rings is 1. The first-order valence-electron chi connectivity index (χ1n) is 9.20. The summed E-state index contributed by atoms with van der Waals surface area (Å²) in [7, 11) is 0. The largest absolute Gasteiger partial charge is 0.419 e. The minimum absolute atomic E-state index is 0.0986. The zero-order valence-electron chi connectivity index (χ0n) is 16.0. The van der Waals surface area contributed by atoms with Gasteiger partial charge in [-0.2, -0.15) is 0 Å². The SMILES string of the molecule is Cc1ccc2oc(=O)n(CCC(=O)N3CCN(C(C)C)[C@H](C(N)=O)C3)c2c1. The number of aryl methyl sites for hydroxylation is 2. The molecule has 0 saturated carbocycles. The van der Waals surface area contributed by atoms with E-state index in [1.54, 1.807) is 11.0 Å². The Hall–Kier alpha value is -2.61. The number of hydrogen-bond acceptors (Lipinski definition) is 5. The van der Waals surface area contributed by atoms with Gasteiger partial charge in [-0.3, -0.25) is 19.1 Å². The smallest absolute Gasteiger partial charge is 0.408 e. The van der Waals surface area contributed by atoms with E-state index in [1.165, 1.54) is 4.57 Å². The number of aromatic nitrogens is 1. The lowest BCUT2D eigenvalue weighted by molar-refractivity contribution is -0.138. The van der Waals surface area contributed by atoms with Crippen molar-refractivity contribution in [2.75, 3.05) is 19.6 Å². The predicted octanol–water partition coefficient (Wildman–Crippen LogP) is 0.700. The number of carbonyl (C=O) groups excluding carboxylic acids is 2. The second-order valence-electron chi connectivity index (χ2n) is 7.33. The van der Waals surface area contributed by atoms with Gasteiger partial charge in [-0.05, 0) is 38.5 Å². The van der Waals surface area contributed by atoms with Gasteiger partial charge in [-0.25, -0.2) is 4.79 Å². The highest BCUT2D eigenvalue weighted by molar-refractivity contribution is 5.82. The van der Waals surface area contributed by atoms with E-state index in [0.717, 1.165) is 5.56 Å². The number of piperazine rings is 1. The Morgan fingerprint density at radius 1 is 1.30 bits per heavy atom. The van der Waals surface area contributed by atoms with Crippen molar-refractivity contribution in [2.24, 2.45) is 5.73 Å². The maximum atomic E-state index is 12.7. The Morgan fingerprint density at radius 2 is 2.04 bits per heavy atom. The molecule has 0 radical (unpaired) electrons. The van der Waals surface area contributed by atoms with Crippen molar-refractivity contribution in [3.05, 3.63) is 34.3 Å². The number of hydrogen-bond donors (Lipinski definition) is 1. The van der Waals surface area contributed by atoms with Crippen molar-refractivity contribution in [2.45, 2.75) is 45.8 Å². The van der Waals surface area contributed by atoms with Crippen LogP contribution in [0.4, 0.5) is 0 Å². The van der Waals surface area contributed by atoms with E-state index in [9.17, 15) is 14.4 Å². The van der Waals surface area contributed by atoms with E-state index >= 15 is 0 Å². The molecule has 1 saturated heterocycles. The molecule has 2 amide bonds. The number of amides is 2. The van der Waals surface area contributed by atoms with Gasteiger partial charge in [0.25, 0.3) is 0 Å². The maximum absolute atomic E-state index is 12.7. The van der Waals surface area contributed by atoms with Gasteiger partial charge in [0, 0.05) is 38.6 Å². The Balaban J connectivity index is 1.70. The molecule has 2 heterocycles. The molecule has 8 heteroatoms. The van der Waals surface area contributed by atoms with Crippen molar-refractivity contribution in [1.82, 2.24) is 14.4 Å². The molecule has 0 unspecified atom stereocenters. The average molecular weight is 374 g/mol. The molecule has 146 valence electrons. The summed E-state index contributed by atoms with van der Waals surface area (Å²) >= 11 is 0. The zero-order chi connectivity index (χ0) is 19.7. The summed E-state index contributed by atoms with van der Waals surface area (Å²) in [6.07, 6.45) is 0.162. The van der Waals surface area contributed by atoms with Crippen molar-refractivity contribution >= 4 is 22.9 Å². The molecule has 1 aromatic heterocycles. The van der Waals surface area contributed by atoms with Crippen LogP contribution in [0, 0.1) is 6.92 Å². The van der Waals surface area contributed by atoms with E-state index in [4.69, 9.17) is 10.2 Å². The number of rotatable bonds is 5. The maximum Gasteiger partial charge on any atom is 0.419 e. The van der Waals surface area contributed by atoms with Crippen LogP contribution in [0.3, 0.4) is 0 Å². The van der Waals surface area contributed by atoms with Crippen molar-refractivity contribution in [3.8, 4) is 0 Å². The van der Waals surface area contributed by atoms with Gasteiger partial charge in [0.05, 0.1) is 5.52 Å². The van der Waals surface area contributed by atoms with E-state index in [-0.39, 0.29) is 31.5 Å². The molecule has 1 fully saturated rings. The van der Waals surface area contributed by atoms with Gasteiger partial charge in [-0.15, -0.1) is 0 Å². The normalized spacial score (nSPS) is 18.4. The molecule has 1 aromatic carbocycles. The van der Waals surface area contributed by atoms with Gasteiger partial charge >= 0.3 is 5.76 Å². The molecule has 27 heavy (non-hydrogen) atoms. The fourth-order valence-electron chi connectivity index (χ4n) is 3.64. The van der Waals surface area contributed by atoms with Gasteiger partial charge < -0.3 is 15.1 Å². The monoisotopic (exact) mass is 374 g/mol. The Morgan fingerprint density at radius 3 is 2.70 bits per heavy atom. The number of nitrogens with two attached hydrogens (primary N) is 1. The minimum atomic E-state index is -0.483. The van der Waals surface area contributed by atoms with Crippen LogP contribution in [-0.4, -0.2) is 57.9 Å². The molecule has 1 aliphatic rings. The molecule has 0 bridgehead atoms. The molecule has 2 aromatic rings. The molecule has 0 aliphatic carbocycles. The van der Waals surface area contributed by atoms with Gasteiger partial charge in [0.1, 0.15) is 6.04 Å². The Labute approximate surface area is 157 Å². The number of oxazole rings is 1. The van der Waals surface area contributed by atoms with Crippen molar-refractivity contribution in [1.29, 1.82) is 0 Å². The third-order valence-electron chi connectivity index (χ3n) is 5.14. The average Bonchev–Trinajstić information content (AvgIpc) is 2.93. The van der Waals surface area contributed by atoms with Crippen LogP contribution >= 0.6 is 0 Å². The highest BCUT2D eigenvalue weighted by Crippen LogP contribution is 2.17. The number of nitrogens with zero attached hydrogens (tertiary/aromatic N) is 3. The van der Waals surface area contributed by atoms with Crippen molar-refractivity contribution in [3.63, 3.8) is 0 Å². The molecule has 8 nitrogen and oxygen atoms in total. The molecule has 2 N–H and O–H groups in total. The fourth-order valence-corrected chi connectivity index (χ4v) is 3.64. The first-order valence-corrected chi connectivity index (χ1v) is 9.20. The fraction of sp³-hybridized carbons (Fsp3) is 0.526. The molecule has 1 atom stereocenters. The number of carbonyl (C=O) groups is 2. The summed E-state index contributed by atoms with van der Waals surface area (Å²) < 4.78 is 6.72. The summed E-state index contributed by atoms with van der Waals surface area (Å²) in [5, 5.41) is 0. The zero-order valence-corrected chi connectivity index (χ0v) is 16.0. The summed E-state index contributed by atoms with van der Waals surface area (Å²) in [6.45, 7) is 7.61. The van der Waals surface area contributed by atoms with E-state index in [2.05, 4.69) is 0 Å². The first kappa shape index (κ1) is 19.2. The van der Waals surface area contributed by atoms with Gasteiger partial charge in [0.15, 0.2) is 5.58 Å². The molecule has 1 aliphatic heterocycles. The van der Waals surface area contributed by atoms with Crippen molar-refractivity contribution < 1.29 is 14.0 Å². The highest BCUT2D eigenvalue weighted by atomic mass is 16.4.